The van der Waals surface area contributed by atoms with Crippen molar-refractivity contribution < 1.29 is 9.59 Å². The number of nitrogens with two attached hydrogens (primary N) is 2. The molecular weight excluding hydrogens is 184 g/mol. The lowest BCUT2D eigenvalue weighted by atomic mass is 10.3. The average Bonchev–Trinajstić information content (AvgIpc) is 2.01. The third-order valence-corrected chi connectivity index (χ3v) is 1.45. The lowest BCUT2D eigenvalue weighted by Gasteiger charge is -1.99. The maximum absolute atomic E-state index is 10.6. The SMILES string of the molecule is NC(=O)Cc1ccnc(CC(N)=O)n1. The van der Waals surface area contributed by atoms with Gasteiger partial charge in [-0.25, -0.2) is 9.97 Å². The minimum Gasteiger partial charge on any atom is -0.369 e. The number of aromatic nitrogens is 2. The highest BCUT2D eigenvalue weighted by Gasteiger charge is 2.04. The van der Waals surface area contributed by atoms with Gasteiger partial charge in [0.1, 0.15) is 5.82 Å². The first kappa shape index (κ1) is 10.1. The monoisotopic (exact) mass is 194 g/mol. The highest BCUT2D eigenvalue weighted by Crippen LogP contribution is 1.97. The minimum atomic E-state index is -0.513. The summed E-state index contributed by atoms with van der Waals surface area (Å²) in [6, 6.07) is 1.56. The summed E-state index contributed by atoms with van der Waals surface area (Å²) in [4.78, 5) is 28.9. The van der Waals surface area contributed by atoms with E-state index in [1.165, 1.54) is 6.20 Å². The summed E-state index contributed by atoms with van der Waals surface area (Å²) in [5, 5.41) is 0. The molecular formula is C8H10N4O2. The van der Waals surface area contributed by atoms with Gasteiger partial charge in [-0.05, 0) is 6.07 Å². The van der Waals surface area contributed by atoms with E-state index in [4.69, 9.17) is 11.5 Å². The normalized spacial score (nSPS) is 9.71. The predicted octanol–water partition coefficient (Wildman–Crippen LogP) is -1.47. The van der Waals surface area contributed by atoms with Crippen molar-refractivity contribution in [2.45, 2.75) is 12.8 Å². The van der Waals surface area contributed by atoms with Crippen molar-refractivity contribution >= 4 is 11.8 Å². The number of nitrogens with zero attached hydrogens (tertiary/aromatic N) is 2. The van der Waals surface area contributed by atoms with Gasteiger partial charge in [0.25, 0.3) is 0 Å². The molecule has 1 aromatic rings. The van der Waals surface area contributed by atoms with Crippen LogP contribution in [-0.2, 0) is 22.4 Å². The molecule has 6 nitrogen and oxygen atoms in total. The fourth-order valence-electron chi connectivity index (χ4n) is 0.959. The Morgan fingerprint density at radius 2 is 1.86 bits per heavy atom. The van der Waals surface area contributed by atoms with Gasteiger partial charge in [0.05, 0.1) is 18.5 Å². The molecule has 0 bridgehead atoms. The lowest BCUT2D eigenvalue weighted by molar-refractivity contribution is -0.118. The molecule has 0 radical (unpaired) electrons. The summed E-state index contributed by atoms with van der Waals surface area (Å²) in [5.74, 6) is -0.689. The summed E-state index contributed by atoms with van der Waals surface area (Å²) in [5.41, 5.74) is 10.4. The summed E-state index contributed by atoms with van der Waals surface area (Å²) in [6.07, 6.45) is 1.46. The Morgan fingerprint density at radius 1 is 1.21 bits per heavy atom. The Bertz CT molecular complexity index is 333. The zero-order chi connectivity index (χ0) is 10.6. The van der Waals surface area contributed by atoms with Gasteiger partial charge in [-0.2, -0.15) is 0 Å². The van der Waals surface area contributed by atoms with E-state index in [1.54, 1.807) is 6.07 Å². The quantitative estimate of drug-likeness (QED) is 0.609. The Labute approximate surface area is 80.3 Å². The Morgan fingerprint density at radius 3 is 2.43 bits per heavy atom. The summed E-state index contributed by atoms with van der Waals surface area (Å²) < 4.78 is 0. The number of primary amides is 2. The van der Waals surface area contributed by atoms with Gasteiger partial charge < -0.3 is 11.5 Å². The van der Waals surface area contributed by atoms with Crippen LogP contribution in [0.25, 0.3) is 0 Å². The molecule has 0 aliphatic rings. The second-order valence-corrected chi connectivity index (χ2v) is 2.75. The predicted molar refractivity (Wildman–Crippen MR) is 47.8 cm³/mol. The molecule has 0 fully saturated rings. The second kappa shape index (κ2) is 4.31. The van der Waals surface area contributed by atoms with E-state index in [-0.39, 0.29) is 12.8 Å². The van der Waals surface area contributed by atoms with Crippen molar-refractivity contribution in [1.29, 1.82) is 0 Å². The molecule has 0 aliphatic carbocycles. The molecule has 0 saturated carbocycles. The third-order valence-electron chi connectivity index (χ3n) is 1.45. The number of carbonyl (C=O) groups excluding carboxylic acids is 2. The van der Waals surface area contributed by atoms with Crippen molar-refractivity contribution in [3.63, 3.8) is 0 Å². The number of carbonyl (C=O) groups is 2. The molecule has 1 aromatic heterocycles. The lowest BCUT2D eigenvalue weighted by Crippen LogP contribution is -2.18. The second-order valence-electron chi connectivity index (χ2n) is 2.75. The van der Waals surface area contributed by atoms with Crippen molar-refractivity contribution in [2.75, 3.05) is 0 Å². The third kappa shape index (κ3) is 3.18. The first-order valence-electron chi connectivity index (χ1n) is 3.95. The summed E-state index contributed by atoms with van der Waals surface area (Å²) in [6.45, 7) is 0. The Balaban J connectivity index is 2.78. The van der Waals surface area contributed by atoms with Gasteiger partial charge in [0.2, 0.25) is 11.8 Å². The largest absolute Gasteiger partial charge is 0.369 e. The molecule has 0 saturated heterocycles. The topological polar surface area (TPSA) is 112 Å². The van der Waals surface area contributed by atoms with Crippen molar-refractivity contribution in [1.82, 2.24) is 9.97 Å². The molecule has 4 N–H and O–H groups in total. The molecule has 0 aliphatic heterocycles. The van der Waals surface area contributed by atoms with Crippen LogP contribution in [0.5, 0.6) is 0 Å². The van der Waals surface area contributed by atoms with Crippen molar-refractivity contribution in [3.05, 3.63) is 23.8 Å². The maximum Gasteiger partial charge on any atom is 0.225 e. The van der Waals surface area contributed by atoms with Crippen LogP contribution in [0.4, 0.5) is 0 Å². The van der Waals surface area contributed by atoms with Crippen LogP contribution in [-0.4, -0.2) is 21.8 Å². The molecule has 0 aromatic carbocycles. The van der Waals surface area contributed by atoms with E-state index in [2.05, 4.69) is 9.97 Å². The van der Waals surface area contributed by atoms with Crippen LogP contribution in [0.2, 0.25) is 0 Å². The molecule has 1 rings (SSSR count). The van der Waals surface area contributed by atoms with E-state index in [0.29, 0.717) is 11.5 Å². The smallest absolute Gasteiger partial charge is 0.225 e. The zero-order valence-corrected chi connectivity index (χ0v) is 7.43. The molecule has 14 heavy (non-hydrogen) atoms. The van der Waals surface area contributed by atoms with Crippen LogP contribution in [0, 0.1) is 0 Å². The zero-order valence-electron chi connectivity index (χ0n) is 7.43. The van der Waals surface area contributed by atoms with Crippen LogP contribution >= 0.6 is 0 Å². The highest BCUT2D eigenvalue weighted by molar-refractivity contribution is 5.76. The fraction of sp³-hybridized carbons (Fsp3) is 0.250. The van der Waals surface area contributed by atoms with Crippen molar-refractivity contribution in [2.24, 2.45) is 11.5 Å². The van der Waals surface area contributed by atoms with Gasteiger partial charge in [0, 0.05) is 6.20 Å². The van der Waals surface area contributed by atoms with Gasteiger partial charge in [-0.15, -0.1) is 0 Å². The highest BCUT2D eigenvalue weighted by atomic mass is 16.1. The fourth-order valence-corrected chi connectivity index (χ4v) is 0.959. The summed E-state index contributed by atoms with van der Waals surface area (Å²) in [7, 11) is 0. The van der Waals surface area contributed by atoms with Crippen LogP contribution in [0.15, 0.2) is 12.3 Å². The van der Waals surface area contributed by atoms with E-state index in [0.717, 1.165) is 0 Å². The van der Waals surface area contributed by atoms with Crippen LogP contribution in [0.1, 0.15) is 11.5 Å². The molecule has 6 heteroatoms. The van der Waals surface area contributed by atoms with Crippen molar-refractivity contribution in [3.8, 4) is 0 Å². The molecule has 0 unspecified atom stereocenters. The number of amides is 2. The minimum absolute atomic E-state index is 0.0351. The van der Waals surface area contributed by atoms with Gasteiger partial charge in [0.15, 0.2) is 0 Å². The Kier molecular flexibility index (Phi) is 3.11. The summed E-state index contributed by atoms with van der Waals surface area (Å²) >= 11 is 0. The van der Waals surface area contributed by atoms with Gasteiger partial charge in [-0.1, -0.05) is 0 Å². The van der Waals surface area contributed by atoms with Gasteiger partial charge >= 0.3 is 0 Å². The number of hydrogen-bond acceptors (Lipinski definition) is 4. The van der Waals surface area contributed by atoms with E-state index < -0.39 is 11.8 Å². The molecule has 74 valence electrons. The molecule has 0 spiro atoms. The van der Waals surface area contributed by atoms with E-state index >= 15 is 0 Å². The number of rotatable bonds is 4. The van der Waals surface area contributed by atoms with Crippen LogP contribution < -0.4 is 11.5 Å². The van der Waals surface area contributed by atoms with Crippen LogP contribution in [0.3, 0.4) is 0 Å². The number of hydrogen-bond donors (Lipinski definition) is 2. The Hall–Kier alpha value is -1.98. The molecule has 0 atom stereocenters. The van der Waals surface area contributed by atoms with E-state index in [9.17, 15) is 9.59 Å². The maximum atomic E-state index is 10.6. The first-order chi connectivity index (χ1) is 6.58. The van der Waals surface area contributed by atoms with E-state index in [1.807, 2.05) is 0 Å². The standard InChI is InChI=1S/C8H10N4O2/c9-6(13)3-5-1-2-11-8(12-5)4-7(10)14/h1-2H,3-4H2,(H2,9,13)(H2,10,14). The molecule has 1 heterocycles. The first-order valence-corrected chi connectivity index (χ1v) is 3.95. The van der Waals surface area contributed by atoms with Gasteiger partial charge in [-0.3, -0.25) is 9.59 Å². The molecule has 2 amide bonds. The average molecular weight is 194 g/mol.